The molecule has 0 radical (unpaired) electrons. The first-order valence-corrected chi connectivity index (χ1v) is 7.68. The molecule has 1 saturated heterocycles. The minimum Gasteiger partial charge on any atom is -0.353 e. The molecule has 1 aliphatic heterocycles. The lowest BCUT2D eigenvalue weighted by atomic mass is 10.1. The monoisotopic (exact) mass is 261 g/mol. The van der Waals surface area contributed by atoms with Crippen molar-refractivity contribution in [3.63, 3.8) is 0 Å². The second-order valence-electron chi connectivity index (χ2n) is 5.63. The van der Waals surface area contributed by atoms with E-state index in [0.717, 1.165) is 13.0 Å². The average Bonchev–Trinajstić information content (AvgIpc) is 2.64. The largest absolute Gasteiger partial charge is 0.353 e. The summed E-state index contributed by atoms with van der Waals surface area (Å²) in [7, 11) is 0. The van der Waals surface area contributed by atoms with E-state index in [0.29, 0.717) is 12.6 Å². The maximum Gasteiger partial charge on any atom is 0.131 e. The fourth-order valence-electron chi connectivity index (χ4n) is 3.11. The maximum atomic E-state index is 5.62. The van der Waals surface area contributed by atoms with Crippen molar-refractivity contribution in [2.75, 3.05) is 18.0 Å². The summed E-state index contributed by atoms with van der Waals surface area (Å²) in [6.45, 7) is 6.32. The van der Waals surface area contributed by atoms with E-state index in [2.05, 4.69) is 24.8 Å². The Morgan fingerprint density at radius 2 is 2.21 bits per heavy atom. The van der Waals surface area contributed by atoms with Gasteiger partial charge in [-0.15, -0.1) is 0 Å². The molecule has 0 amide bonds. The van der Waals surface area contributed by atoms with Crippen LogP contribution in [0.2, 0.25) is 0 Å². The molecule has 0 aromatic carbocycles. The molecular formula is C16H27N3. The average molecular weight is 261 g/mol. The van der Waals surface area contributed by atoms with Crippen LogP contribution in [-0.4, -0.2) is 24.1 Å². The lowest BCUT2D eigenvalue weighted by Gasteiger charge is -2.31. The predicted octanol–water partition coefficient (Wildman–Crippen LogP) is 3.05. The zero-order chi connectivity index (χ0) is 13.7. The van der Waals surface area contributed by atoms with E-state index in [1.807, 2.05) is 6.20 Å². The highest BCUT2D eigenvalue weighted by atomic mass is 15.2. The zero-order valence-electron chi connectivity index (χ0n) is 12.4. The van der Waals surface area contributed by atoms with Gasteiger partial charge in [0.05, 0.1) is 0 Å². The second kappa shape index (κ2) is 6.90. The number of aryl methyl sites for hydroxylation is 1. The Bertz CT molecular complexity index is 403. The maximum absolute atomic E-state index is 5.62. The van der Waals surface area contributed by atoms with Crippen LogP contribution in [0.5, 0.6) is 0 Å². The summed E-state index contributed by atoms with van der Waals surface area (Å²) in [4.78, 5) is 7.27. The van der Waals surface area contributed by atoms with Crippen LogP contribution in [0.4, 0.5) is 5.82 Å². The molecule has 0 aliphatic carbocycles. The molecule has 1 aromatic heterocycles. The van der Waals surface area contributed by atoms with Gasteiger partial charge in [0.15, 0.2) is 0 Å². The molecule has 2 rings (SSSR count). The number of nitrogens with two attached hydrogens (primary N) is 1. The van der Waals surface area contributed by atoms with Crippen molar-refractivity contribution >= 4 is 5.82 Å². The van der Waals surface area contributed by atoms with Gasteiger partial charge in [-0.3, -0.25) is 0 Å². The number of nitrogens with zero attached hydrogens (tertiary/aromatic N) is 2. The van der Waals surface area contributed by atoms with Gasteiger partial charge in [-0.1, -0.05) is 25.8 Å². The number of hydrogen-bond acceptors (Lipinski definition) is 3. The molecule has 1 aliphatic rings. The predicted molar refractivity (Wildman–Crippen MR) is 81.6 cm³/mol. The Balaban J connectivity index is 2.23. The van der Waals surface area contributed by atoms with Gasteiger partial charge in [0.2, 0.25) is 0 Å². The first kappa shape index (κ1) is 14.3. The number of hydrogen-bond donors (Lipinski definition) is 1. The molecule has 0 bridgehead atoms. The van der Waals surface area contributed by atoms with Crippen molar-refractivity contribution < 1.29 is 0 Å². The van der Waals surface area contributed by atoms with Crippen LogP contribution < -0.4 is 10.6 Å². The van der Waals surface area contributed by atoms with Crippen LogP contribution >= 0.6 is 0 Å². The number of anilines is 1. The van der Waals surface area contributed by atoms with E-state index < -0.39 is 0 Å². The Hall–Kier alpha value is -1.09. The fourth-order valence-corrected chi connectivity index (χ4v) is 3.11. The van der Waals surface area contributed by atoms with Gasteiger partial charge in [-0.2, -0.15) is 0 Å². The zero-order valence-corrected chi connectivity index (χ0v) is 12.4. The highest BCUT2D eigenvalue weighted by Crippen LogP contribution is 2.27. The fraction of sp³-hybridized carbons (Fsp3) is 0.688. The van der Waals surface area contributed by atoms with Gasteiger partial charge in [-0.05, 0) is 50.3 Å². The van der Waals surface area contributed by atoms with E-state index in [-0.39, 0.29) is 0 Å². The van der Waals surface area contributed by atoms with Crippen LogP contribution in [-0.2, 0) is 6.42 Å². The number of aromatic nitrogens is 1. The summed E-state index contributed by atoms with van der Waals surface area (Å²) in [5.41, 5.74) is 8.17. The Kier molecular flexibility index (Phi) is 5.20. The molecule has 1 unspecified atom stereocenters. The summed E-state index contributed by atoms with van der Waals surface area (Å²) in [6, 6.07) is 2.92. The minimum absolute atomic E-state index is 0.661. The first-order chi connectivity index (χ1) is 9.26. The van der Waals surface area contributed by atoms with Crippen molar-refractivity contribution in [3.05, 3.63) is 23.4 Å². The minimum atomic E-state index is 0.661. The van der Waals surface area contributed by atoms with Crippen molar-refractivity contribution in [2.24, 2.45) is 5.73 Å². The molecule has 19 heavy (non-hydrogen) atoms. The van der Waals surface area contributed by atoms with Crippen molar-refractivity contribution in [2.45, 2.75) is 58.4 Å². The van der Waals surface area contributed by atoms with E-state index in [9.17, 15) is 0 Å². The second-order valence-corrected chi connectivity index (χ2v) is 5.63. The van der Waals surface area contributed by atoms with Gasteiger partial charge in [0.25, 0.3) is 0 Å². The lowest BCUT2D eigenvalue weighted by molar-refractivity contribution is 0.551. The lowest BCUT2D eigenvalue weighted by Crippen LogP contribution is -2.35. The van der Waals surface area contributed by atoms with Gasteiger partial charge < -0.3 is 10.6 Å². The van der Waals surface area contributed by atoms with Crippen molar-refractivity contribution in [1.29, 1.82) is 0 Å². The molecule has 0 spiro atoms. The van der Waals surface area contributed by atoms with Crippen molar-refractivity contribution in [1.82, 2.24) is 4.98 Å². The summed E-state index contributed by atoms with van der Waals surface area (Å²) in [5, 5.41) is 0. The molecule has 1 atom stereocenters. The third-order valence-electron chi connectivity index (χ3n) is 4.16. The number of pyridine rings is 1. The molecule has 2 N–H and O–H groups in total. The third-order valence-corrected chi connectivity index (χ3v) is 4.16. The SMILES string of the molecule is CCC1CCCCCN1c1ncc(CCN)cc1C. The van der Waals surface area contributed by atoms with Gasteiger partial charge in [0.1, 0.15) is 5.82 Å². The van der Waals surface area contributed by atoms with E-state index in [4.69, 9.17) is 10.7 Å². The molecule has 3 heteroatoms. The highest BCUT2D eigenvalue weighted by Gasteiger charge is 2.21. The normalized spacial score (nSPS) is 20.4. The van der Waals surface area contributed by atoms with Gasteiger partial charge in [0, 0.05) is 18.8 Å². The summed E-state index contributed by atoms with van der Waals surface area (Å²) >= 11 is 0. The van der Waals surface area contributed by atoms with Crippen LogP contribution in [0.15, 0.2) is 12.3 Å². The molecule has 0 saturated carbocycles. The molecular weight excluding hydrogens is 234 g/mol. The van der Waals surface area contributed by atoms with Gasteiger partial charge >= 0.3 is 0 Å². The Morgan fingerprint density at radius 1 is 1.37 bits per heavy atom. The molecule has 106 valence electrons. The topological polar surface area (TPSA) is 42.2 Å². The smallest absolute Gasteiger partial charge is 0.131 e. The van der Waals surface area contributed by atoms with Crippen LogP contribution in [0, 0.1) is 6.92 Å². The number of rotatable bonds is 4. The quantitative estimate of drug-likeness (QED) is 0.906. The summed E-state index contributed by atoms with van der Waals surface area (Å²) in [6.07, 6.45) is 9.46. The Morgan fingerprint density at radius 3 is 2.89 bits per heavy atom. The van der Waals surface area contributed by atoms with E-state index >= 15 is 0 Å². The molecule has 1 fully saturated rings. The van der Waals surface area contributed by atoms with Gasteiger partial charge in [-0.25, -0.2) is 4.98 Å². The summed E-state index contributed by atoms with van der Waals surface area (Å²) in [5.74, 6) is 1.19. The molecule has 1 aromatic rings. The summed E-state index contributed by atoms with van der Waals surface area (Å²) < 4.78 is 0. The van der Waals surface area contributed by atoms with Crippen molar-refractivity contribution in [3.8, 4) is 0 Å². The third kappa shape index (κ3) is 3.47. The molecule has 3 nitrogen and oxygen atoms in total. The standard InChI is InChI=1S/C16H27N3/c1-3-15-7-5-4-6-10-19(15)16-13(2)11-14(8-9-17)12-18-16/h11-12,15H,3-10,17H2,1-2H3. The van der Waals surface area contributed by atoms with Crippen LogP contribution in [0.3, 0.4) is 0 Å². The van der Waals surface area contributed by atoms with E-state index in [1.54, 1.807) is 0 Å². The Labute approximate surface area is 117 Å². The van der Waals surface area contributed by atoms with E-state index in [1.165, 1.54) is 49.0 Å². The van der Waals surface area contributed by atoms with Crippen LogP contribution in [0.25, 0.3) is 0 Å². The highest BCUT2D eigenvalue weighted by molar-refractivity contribution is 5.48. The van der Waals surface area contributed by atoms with Crippen LogP contribution in [0.1, 0.15) is 50.2 Å². The molecule has 2 heterocycles. The first-order valence-electron chi connectivity index (χ1n) is 7.68.